The van der Waals surface area contributed by atoms with Gasteiger partial charge in [-0.05, 0) is 49.1 Å². The zero-order valence-corrected chi connectivity index (χ0v) is 18.2. The molecular weight excluding hydrogens is 400 g/mol. The van der Waals surface area contributed by atoms with Crippen molar-refractivity contribution < 1.29 is 4.79 Å². The normalized spacial score (nSPS) is 15.5. The molecule has 4 heterocycles. The molecule has 1 amide bonds. The molecule has 7 nitrogen and oxygen atoms in total. The van der Waals surface area contributed by atoms with Gasteiger partial charge in [-0.1, -0.05) is 25.3 Å². The number of nitrogens with zero attached hydrogens (tertiary/aromatic N) is 5. The number of nitrogens with one attached hydrogen (secondary N) is 1. The van der Waals surface area contributed by atoms with Gasteiger partial charge in [-0.15, -0.1) is 0 Å². The van der Waals surface area contributed by atoms with Crippen molar-refractivity contribution in [2.75, 3.05) is 6.54 Å². The maximum atomic E-state index is 13.5. The zero-order chi connectivity index (χ0) is 22.0. The van der Waals surface area contributed by atoms with Gasteiger partial charge in [-0.2, -0.15) is 0 Å². The van der Waals surface area contributed by atoms with Crippen LogP contribution in [0.1, 0.15) is 53.6 Å². The SMILES string of the molecule is Cc1ccnc2c1c(C(=O)NCC1(c3cccnc3)CCCCC1)cn2-c1ncccn1. The van der Waals surface area contributed by atoms with Gasteiger partial charge >= 0.3 is 0 Å². The van der Waals surface area contributed by atoms with E-state index in [1.165, 1.54) is 24.8 Å². The highest BCUT2D eigenvalue weighted by molar-refractivity contribution is 6.07. The van der Waals surface area contributed by atoms with Gasteiger partial charge in [0.1, 0.15) is 5.65 Å². The maximum Gasteiger partial charge on any atom is 0.253 e. The van der Waals surface area contributed by atoms with Crippen LogP contribution in [0.5, 0.6) is 0 Å². The third-order valence-corrected chi connectivity index (χ3v) is 6.58. The molecule has 4 aromatic rings. The predicted octanol–water partition coefficient (Wildman–Crippen LogP) is 4.15. The second-order valence-corrected chi connectivity index (χ2v) is 8.55. The molecule has 1 aliphatic carbocycles. The Morgan fingerprint density at radius 2 is 1.84 bits per heavy atom. The average Bonchev–Trinajstić information content (AvgIpc) is 3.25. The van der Waals surface area contributed by atoms with Crippen molar-refractivity contribution in [1.29, 1.82) is 0 Å². The van der Waals surface area contributed by atoms with Crippen molar-refractivity contribution in [2.45, 2.75) is 44.4 Å². The summed E-state index contributed by atoms with van der Waals surface area (Å²) in [4.78, 5) is 31.0. The highest BCUT2D eigenvalue weighted by Crippen LogP contribution is 2.38. The first-order valence-electron chi connectivity index (χ1n) is 11.1. The quantitative estimate of drug-likeness (QED) is 0.518. The Morgan fingerprint density at radius 1 is 1.03 bits per heavy atom. The van der Waals surface area contributed by atoms with E-state index in [2.05, 4.69) is 31.3 Å². The minimum Gasteiger partial charge on any atom is -0.351 e. The molecule has 1 aliphatic rings. The van der Waals surface area contributed by atoms with Crippen molar-refractivity contribution in [3.05, 3.63) is 78.1 Å². The van der Waals surface area contributed by atoms with Crippen molar-refractivity contribution in [3.63, 3.8) is 0 Å². The second-order valence-electron chi connectivity index (χ2n) is 8.55. The van der Waals surface area contributed by atoms with Gasteiger partial charge in [0.25, 0.3) is 5.91 Å². The molecule has 0 aromatic carbocycles. The molecule has 1 saturated carbocycles. The fraction of sp³-hybridized carbons (Fsp3) is 0.320. The summed E-state index contributed by atoms with van der Waals surface area (Å²) >= 11 is 0. The topological polar surface area (TPSA) is 85.6 Å². The molecule has 0 unspecified atom stereocenters. The standard InChI is InChI=1S/C25H26N6O/c1-18-8-14-27-22-21(18)20(16-31(22)24-28-12-6-13-29-24)23(32)30-17-25(9-3-2-4-10-25)19-7-5-11-26-15-19/h5-8,11-16H,2-4,9-10,17H2,1H3,(H,30,32). The maximum absolute atomic E-state index is 13.5. The molecule has 0 spiro atoms. The summed E-state index contributed by atoms with van der Waals surface area (Å²) in [5, 5.41) is 4.07. The molecule has 0 radical (unpaired) electrons. The molecule has 4 aromatic heterocycles. The molecule has 7 heteroatoms. The molecule has 0 atom stereocenters. The molecule has 0 bridgehead atoms. The van der Waals surface area contributed by atoms with Gasteiger partial charge < -0.3 is 5.32 Å². The van der Waals surface area contributed by atoms with Gasteiger partial charge in [0, 0.05) is 54.5 Å². The number of aromatic nitrogens is 5. The summed E-state index contributed by atoms with van der Waals surface area (Å²) in [6.45, 7) is 2.58. The van der Waals surface area contributed by atoms with Gasteiger partial charge in [0.15, 0.2) is 0 Å². The highest BCUT2D eigenvalue weighted by Gasteiger charge is 2.35. The van der Waals surface area contributed by atoms with E-state index in [0.29, 0.717) is 23.7 Å². The van der Waals surface area contributed by atoms with Crippen LogP contribution in [0.15, 0.2) is 61.4 Å². The zero-order valence-electron chi connectivity index (χ0n) is 18.2. The van der Waals surface area contributed by atoms with E-state index in [1.807, 2.05) is 25.3 Å². The van der Waals surface area contributed by atoms with Crippen LogP contribution >= 0.6 is 0 Å². The Morgan fingerprint density at radius 3 is 2.59 bits per heavy atom. The lowest BCUT2D eigenvalue weighted by Gasteiger charge is -2.37. The van der Waals surface area contributed by atoms with E-state index in [1.54, 1.807) is 41.6 Å². The van der Waals surface area contributed by atoms with Crippen LogP contribution in [-0.2, 0) is 5.41 Å². The summed E-state index contributed by atoms with van der Waals surface area (Å²) in [7, 11) is 0. The minimum absolute atomic E-state index is 0.0730. The summed E-state index contributed by atoms with van der Waals surface area (Å²) in [6, 6.07) is 7.81. The van der Waals surface area contributed by atoms with Gasteiger partial charge in [0.05, 0.1) is 5.56 Å². The minimum atomic E-state index is -0.102. The Bertz CT molecular complexity index is 1230. The van der Waals surface area contributed by atoms with E-state index in [-0.39, 0.29) is 11.3 Å². The van der Waals surface area contributed by atoms with Crippen LogP contribution in [0.4, 0.5) is 0 Å². The first kappa shape index (κ1) is 20.3. The number of hydrogen-bond acceptors (Lipinski definition) is 5. The van der Waals surface area contributed by atoms with Gasteiger partial charge in [-0.25, -0.2) is 15.0 Å². The van der Waals surface area contributed by atoms with E-state index in [0.717, 1.165) is 23.8 Å². The molecule has 1 N–H and O–H groups in total. The van der Waals surface area contributed by atoms with Crippen LogP contribution < -0.4 is 5.32 Å². The molecular formula is C25H26N6O. The van der Waals surface area contributed by atoms with Crippen LogP contribution in [0.2, 0.25) is 0 Å². The smallest absolute Gasteiger partial charge is 0.253 e. The van der Waals surface area contributed by atoms with Crippen LogP contribution in [0.3, 0.4) is 0 Å². The first-order valence-corrected chi connectivity index (χ1v) is 11.1. The number of hydrogen-bond donors (Lipinski definition) is 1. The number of carbonyl (C=O) groups is 1. The van der Waals surface area contributed by atoms with Crippen LogP contribution in [0.25, 0.3) is 17.0 Å². The first-order chi connectivity index (χ1) is 15.7. The van der Waals surface area contributed by atoms with Crippen molar-refractivity contribution in [1.82, 2.24) is 29.8 Å². The highest BCUT2D eigenvalue weighted by atomic mass is 16.1. The Balaban J connectivity index is 1.49. The Hall–Kier alpha value is -3.61. The lowest BCUT2D eigenvalue weighted by atomic mass is 9.70. The number of aryl methyl sites for hydroxylation is 1. The van der Waals surface area contributed by atoms with E-state index < -0.39 is 0 Å². The number of carbonyl (C=O) groups excluding carboxylic acids is 1. The molecule has 32 heavy (non-hydrogen) atoms. The summed E-state index contributed by atoms with van der Waals surface area (Å²) in [5.74, 6) is 0.392. The average molecular weight is 427 g/mol. The monoisotopic (exact) mass is 426 g/mol. The molecule has 162 valence electrons. The predicted molar refractivity (Wildman–Crippen MR) is 123 cm³/mol. The summed E-state index contributed by atoms with van der Waals surface area (Å²) < 4.78 is 1.79. The Labute approximate surface area is 187 Å². The lowest BCUT2D eigenvalue weighted by molar-refractivity contribution is 0.0938. The van der Waals surface area contributed by atoms with Crippen molar-refractivity contribution >= 4 is 16.9 Å². The number of rotatable bonds is 5. The largest absolute Gasteiger partial charge is 0.351 e. The fourth-order valence-corrected chi connectivity index (χ4v) is 4.87. The molecule has 0 aliphatic heterocycles. The van der Waals surface area contributed by atoms with Crippen LogP contribution in [-0.4, -0.2) is 37.0 Å². The summed E-state index contributed by atoms with van der Waals surface area (Å²) in [5.41, 5.74) is 3.40. The number of pyridine rings is 2. The van der Waals surface area contributed by atoms with Crippen molar-refractivity contribution in [2.24, 2.45) is 0 Å². The molecule has 0 saturated heterocycles. The van der Waals surface area contributed by atoms with E-state index in [4.69, 9.17) is 0 Å². The van der Waals surface area contributed by atoms with E-state index >= 15 is 0 Å². The van der Waals surface area contributed by atoms with Gasteiger partial charge in [0.2, 0.25) is 5.95 Å². The number of fused-ring (bicyclic) bond motifs is 1. The third-order valence-electron chi connectivity index (χ3n) is 6.58. The second kappa shape index (κ2) is 8.49. The van der Waals surface area contributed by atoms with Crippen LogP contribution in [0, 0.1) is 6.92 Å². The fourth-order valence-electron chi connectivity index (χ4n) is 4.87. The number of amides is 1. The third kappa shape index (κ3) is 3.64. The van der Waals surface area contributed by atoms with Crippen molar-refractivity contribution in [3.8, 4) is 5.95 Å². The molecule has 5 rings (SSSR count). The molecule has 1 fully saturated rings. The summed E-state index contributed by atoms with van der Waals surface area (Å²) in [6.07, 6.45) is 16.3. The lowest BCUT2D eigenvalue weighted by Crippen LogP contribution is -2.42. The Kier molecular flexibility index (Phi) is 5.39. The van der Waals surface area contributed by atoms with Gasteiger partial charge in [-0.3, -0.25) is 14.3 Å². The van der Waals surface area contributed by atoms with E-state index in [9.17, 15) is 4.79 Å².